The monoisotopic (exact) mass is 338 g/mol. The molecule has 1 amide bonds. The van der Waals surface area contributed by atoms with E-state index < -0.39 is 0 Å². The van der Waals surface area contributed by atoms with Crippen LogP contribution in [0.15, 0.2) is 53.6 Å². The Balaban J connectivity index is 1.52. The van der Waals surface area contributed by atoms with Gasteiger partial charge in [-0.1, -0.05) is 6.07 Å². The van der Waals surface area contributed by atoms with Gasteiger partial charge in [-0.2, -0.15) is 11.3 Å². The van der Waals surface area contributed by atoms with Gasteiger partial charge in [-0.05, 0) is 56.4 Å². The molecule has 24 heavy (non-hydrogen) atoms. The molecule has 0 aliphatic heterocycles. The molecule has 0 spiro atoms. The van der Waals surface area contributed by atoms with Crippen LogP contribution >= 0.6 is 11.3 Å². The van der Waals surface area contributed by atoms with Crippen molar-refractivity contribution in [1.82, 2.24) is 25.2 Å². The van der Waals surface area contributed by atoms with E-state index in [9.17, 15) is 4.79 Å². The first-order valence-electron chi connectivity index (χ1n) is 7.41. The first-order valence-corrected chi connectivity index (χ1v) is 8.35. The van der Waals surface area contributed by atoms with Crippen molar-refractivity contribution in [3.63, 3.8) is 0 Å². The van der Waals surface area contributed by atoms with Crippen molar-refractivity contribution in [3.8, 4) is 0 Å². The molecule has 0 saturated carbocycles. The van der Waals surface area contributed by atoms with Crippen molar-refractivity contribution >= 4 is 33.8 Å². The summed E-state index contributed by atoms with van der Waals surface area (Å²) in [5, 5.41) is 19.3. The number of carbonyl (C=O) groups is 1. The maximum Gasteiger partial charge on any atom is 0.226 e. The fourth-order valence-corrected chi connectivity index (χ4v) is 3.36. The van der Waals surface area contributed by atoms with Gasteiger partial charge in [-0.3, -0.25) is 4.79 Å². The first-order chi connectivity index (χ1) is 11.8. The van der Waals surface area contributed by atoms with Gasteiger partial charge in [0.1, 0.15) is 6.33 Å². The van der Waals surface area contributed by atoms with Gasteiger partial charge in [0.25, 0.3) is 0 Å². The predicted octanol–water partition coefficient (Wildman–Crippen LogP) is 2.83. The number of benzene rings is 1. The number of nitrogens with one attached hydrogen (secondary N) is 2. The largest absolute Gasteiger partial charge is 0.361 e. The molecule has 0 aliphatic rings. The lowest BCUT2D eigenvalue weighted by atomic mass is 10.1. The Labute approximate surface area is 141 Å². The van der Waals surface area contributed by atoms with E-state index in [0.717, 1.165) is 22.2 Å². The molecule has 3 aromatic heterocycles. The van der Waals surface area contributed by atoms with Gasteiger partial charge in [0.05, 0.1) is 12.5 Å². The molecule has 120 valence electrons. The first kappa shape index (κ1) is 14.6. The molecule has 0 saturated heterocycles. The number of tetrazole rings is 1. The molecule has 3 heterocycles. The quantitative estimate of drug-likeness (QED) is 0.586. The number of rotatable bonds is 5. The summed E-state index contributed by atoms with van der Waals surface area (Å²) in [5.74, 6) is -0.0902. The number of H-pyrrole nitrogens is 1. The molecule has 7 nitrogen and oxygen atoms in total. The summed E-state index contributed by atoms with van der Waals surface area (Å²) < 4.78 is 1.61. The Kier molecular flexibility index (Phi) is 3.80. The highest BCUT2D eigenvalue weighted by molar-refractivity contribution is 7.08. The van der Waals surface area contributed by atoms with Crippen molar-refractivity contribution in [2.45, 2.75) is 12.5 Å². The van der Waals surface area contributed by atoms with Crippen molar-refractivity contribution in [3.05, 3.63) is 59.2 Å². The number of aromatic amines is 1. The van der Waals surface area contributed by atoms with E-state index >= 15 is 0 Å². The maximum absolute atomic E-state index is 12.5. The molecule has 4 aromatic rings. The highest BCUT2D eigenvalue weighted by Crippen LogP contribution is 2.24. The highest BCUT2D eigenvalue weighted by Gasteiger charge is 2.20. The van der Waals surface area contributed by atoms with E-state index in [1.165, 1.54) is 6.33 Å². The summed E-state index contributed by atoms with van der Waals surface area (Å²) in [4.78, 5) is 15.6. The van der Waals surface area contributed by atoms with Crippen LogP contribution in [-0.4, -0.2) is 31.1 Å². The average Bonchev–Trinajstić information content (AvgIpc) is 3.33. The molecule has 8 heteroatoms. The van der Waals surface area contributed by atoms with Gasteiger partial charge < -0.3 is 10.3 Å². The molecule has 0 bridgehead atoms. The zero-order valence-corrected chi connectivity index (χ0v) is 13.4. The number of carbonyl (C=O) groups excluding carboxylic acids is 1. The van der Waals surface area contributed by atoms with Crippen LogP contribution in [-0.2, 0) is 4.79 Å². The molecule has 4 rings (SSSR count). The van der Waals surface area contributed by atoms with Gasteiger partial charge in [0, 0.05) is 17.4 Å². The van der Waals surface area contributed by atoms with Crippen LogP contribution in [0.4, 0.5) is 5.69 Å². The van der Waals surface area contributed by atoms with Gasteiger partial charge in [-0.15, -0.1) is 5.10 Å². The summed E-state index contributed by atoms with van der Waals surface area (Å²) >= 11 is 1.58. The van der Waals surface area contributed by atoms with E-state index in [0.29, 0.717) is 0 Å². The van der Waals surface area contributed by atoms with Gasteiger partial charge in [0.15, 0.2) is 0 Å². The lowest BCUT2D eigenvalue weighted by Gasteiger charge is -2.15. The molecule has 1 unspecified atom stereocenters. The third-order valence-corrected chi connectivity index (χ3v) is 4.53. The molecular weight excluding hydrogens is 324 g/mol. The smallest absolute Gasteiger partial charge is 0.226 e. The molecule has 0 aliphatic carbocycles. The summed E-state index contributed by atoms with van der Waals surface area (Å²) in [7, 11) is 0. The van der Waals surface area contributed by atoms with Gasteiger partial charge in [0.2, 0.25) is 5.91 Å². The van der Waals surface area contributed by atoms with Crippen LogP contribution in [0.5, 0.6) is 0 Å². The Hall–Kier alpha value is -3.00. The van der Waals surface area contributed by atoms with Crippen LogP contribution in [0.1, 0.15) is 18.0 Å². The van der Waals surface area contributed by atoms with E-state index in [1.54, 1.807) is 16.0 Å². The second-order valence-electron chi connectivity index (χ2n) is 5.39. The van der Waals surface area contributed by atoms with Gasteiger partial charge >= 0.3 is 0 Å². The number of thiophene rings is 1. The predicted molar refractivity (Wildman–Crippen MR) is 91.8 cm³/mol. The minimum Gasteiger partial charge on any atom is -0.361 e. The zero-order chi connectivity index (χ0) is 16.4. The second-order valence-corrected chi connectivity index (χ2v) is 6.17. The molecule has 1 atom stereocenters. The van der Waals surface area contributed by atoms with Crippen molar-refractivity contribution in [2.24, 2.45) is 0 Å². The van der Waals surface area contributed by atoms with Crippen molar-refractivity contribution in [1.29, 1.82) is 0 Å². The number of fused-ring (bicyclic) bond motifs is 1. The van der Waals surface area contributed by atoms with Crippen molar-refractivity contribution < 1.29 is 4.79 Å². The number of amides is 1. The lowest BCUT2D eigenvalue weighted by molar-refractivity contribution is -0.116. The highest BCUT2D eigenvalue weighted by atomic mass is 32.1. The summed E-state index contributed by atoms with van der Waals surface area (Å²) in [6, 6.07) is 9.54. The number of hydrogen-bond donors (Lipinski definition) is 2. The standard InChI is InChI=1S/C16H14N6OS/c23-16(19-13-2-1-11-3-5-17-14(11)7-13)8-15(12-4-6-24-9-12)22-10-18-20-21-22/h1-7,9-10,15,17H,8H2,(H,19,23). The normalized spacial score (nSPS) is 12.3. The van der Waals surface area contributed by atoms with Crippen LogP contribution in [0, 0.1) is 0 Å². The van der Waals surface area contributed by atoms with Crippen molar-refractivity contribution in [2.75, 3.05) is 5.32 Å². The Morgan fingerprint density at radius 2 is 2.29 bits per heavy atom. The minimum absolute atomic E-state index is 0.0902. The number of aromatic nitrogens is 5. The van der Waals surface area contributed by atoms with E-state index in [2.05, 4.69) is 25.8 Å². The zero-order valence-electron chi connectivity index (χ0n) is 12.6. The van der Waals surface area contributed by atoms with E-state index in [4.69, 9.17) is 0 Å². The fourth-order valence-electron chi connectivity index (χ4n) is 2.65. The third-order valence-electron chi connectivity index (χ3n) is 3.83. The molecular formula is C16H14N6OS. The second kappa shape index (κ2) is 6.25. The van der Waals surface area contributed by atoms with Gasteiger partial charge in [-0.25, -0.2) is 4.68 Å². The average molecular weight is 338 g/mol. The van der Waals surface area contributed by atoms with Crippen LogP contribution in [0.25, 0.3) is 10.9 Å². The molecule has 0 radical (unpaired) electrons. The van der Waals surface area contributed by atoms with E-state index in [-0.39, 0.29) is 18.4 Å². The van der Waals surface area contributed by atoms with Crippen LogP contribution in [0.3, 0.4) is 0 Å². The van der Waals surface area contributed by atoms with E-state index in [1.807, 2.05) is 47.3 Å². The Bertz CT molecular complexity index is 910. The SMILES string of the molecule is O=C(CC(c1ccsc1)n1cnnn1)Nc1ccc2cc[nH]c2c1. The fraction of sp³-hybridized carbons (Fsp3) is 0.125. The molecule has 1 aromatic carbocycles. The summed E-state index contributed by atoms with van der Waals surface area (Å²) in [6.07, 6.45) is 3.66. The minimum atomic E-state index is -0.222. The summed E-state index contributed by atoms with van der Waals surface area (Å²) in [6.45, 7) is 0. The Morgan fingerprint density at radius 3 is 3.08 bits per heavy atom. The van der Waals surface area contributed by atoms with Crippen LogP contribution < -0.4 is 5.32 Å². The summed E-state index contributed by atoms with van der Waals surface area (Å²) in [5.41, 5.74) is 2.76. The molecule has 2 N–H and O–H groups in total. The Morgan fingerprint density at radius 1 is 1.33 bits per heavy atom. The third kappa shape index (κ3) is 2.91. The molecule has 0 fully saturated rings. The number of nitrogens with zero attached hydrogens (tertiary/aromatic N) is 4. The maximum atomic E-state index is 12.5. The topological polar surface area (TPSA) is 88.5 Å². The number of anilines is 1. The van der Waals surface area contributed by atoms with Crippen LogP contribution in [0.2, 0.25) is 0 Å². The lowest BCUT2D eigenvalue weighted by Crippen LogP contribution is -2.20. The number of hydrogen-bond acceptors (Lipinski definition) is 5.